The van der Waals surface area contributed by atoms with Gasteiger partial charge in [0.25, 0.3) is 0 Å². The van der Waals surface area contributed by atoms with Gasteiger partial charge in [-0.05, 0) is 75.2 Å². The molecule has 1 nitrogen and oxygen atoms in total. The van der Waals surface area contributed by atoms with Gasteiger partial charge < -0.3 is 5.32 Å². The molecule has 19 heavy (non-hydrogen) atoms. The molecule has 1 atom stereocenters. The molecule has 0 saturated carbocycles. The van der Waals surface area contributed by atoms with Crippen molar-refractivity contribution in [2.45, 2.75) is 12.5 Å². The average molecular weight is 428 g/mol. The van der Waals surface area contributed by atoms with Crippen molar-refractivity contribution >= 4 is 54.8 Å². The van der Waals surface area contributed by atoms with E-state index in [0.29, 0.717) is 17.0 Å². The maximum Gasteiger partial charge on any atom is 0.126 e. The van der Waals surface area contributed by atoms with E-state index in [4.69, 9.17) is 11.6 Å². The topological polar surface area (TPSA) is 12.0 Å². The Morgan fingerprint density at radius 3 is 2.68 bits per heavy atom. The molecule has 102 valence electrons. The summed E-state index contributed by atoms with van der Waals surface area (Å²) >= 11 is 14.5. The summed E-state index contributed by atoms with van der Waals surface area (Å²) in [5.74, 6) is -0.223. The highest BCUT2D eigenvalue weighted by atomic mass is 79.9. The van der Waals surface area contributed by atoms with Crippen LogP contribution in [0.3, 0.4) is 0 Å². The first-order chi connectivity index (χ1) is 9.01. The number of nitrogens with one attached hydrogen (secondary N) is 1. The first kappa shape index (κ1) is 15.4. The van der Waals surface area contributed by atoms with Crippen LogP contribution in [0.15, 0.2) is 32.5 Å². The molecule has 0 radical (unpaired) electrons. The molecule has 0 fully saturated rings. The van der Waals surface area contributed by atoms with Crippen LogP contribution in [-0.4, -0.2) is 7.05 Å². The molecule has 0 aliphatic rings. The van der Waals surface area contributed by atoms with Crippen LogP contribution in [0.2, 0.25) is 5.02 Å². The summed E-state index contributed by atoms with van der Waals surface area (Å²) in [4.78, 5) is 1.14. The molecule has 1 N–H and O–H groups in total. The first-order valence-electron chi connectivity index (χ1n) is 5.57. The summed E-state index contributed by atoms with van der Waals surface area (Å²) in [7, 11) is 1.87. The molecule has 2 aromatic rings. The Morgan fingerprint density at radius 2 is 2.11 bits per heavy atom. The van der Waals surface area contributed by atoms with E-state index in [1.165, 1.54) is 6.07 Å². The third kappa shape index (κ3) is 3.79. The Bertz CT molecular complexity index is 569. The van der Waals surface area contributed by atoms with Crippen molar-refractivity contribution in [1.82, 2.24) is 5.32 Å². The van der Waals surface area contributed by atoms with Crippen LogP contribution in [0.25, 0.3) is 0 Å². The van der Waals surface area contributed by atoms with Gasteiger partial charge in [0.1, 0.15) is 5.82 Å². The van der Waals surface area contributed by atoms with Gasteiger partial charge in [-0.1, -0.05) is 11.6 Å². The summed E-state index contributed by atoms with van der Waals surface area (Å²) in [6.45, 7) is 0. The fourth-order valence-corrected chi connectivity index (χ4v) is 4.19. The lowest BCUT2D eigenvalue weighted by Gasteiger charge is -2.15. The highest BCUT2D eigenvalue weighted by Crippen LogP contribution is 2.36. The second-order valence-corrected chi connectivity index (χ2v) is 7.74. The standard InChI is InChI=1S/C13H11Br2ClFNS/c1-18-11(12-6-9(14)13(15)19-12)5-7-4-8(16)2-3-10(7)17/h2-4,6,11,18H,5H2,1H3. The summed E-state index contributed by atoms with van der Waals surface area (Å²) in [5.41, 5.74) is 0.618. The summed E-state index contributed by atoms with van der Waals surface area (Å²) < 4.78 is 15.8. The lowest BCUT2D eigenvalue weighted by molar-refractivity contribution is 0.560. The number of benzene rings is 1. The molecule has 1 unspecified atom stereocenters. The number of hydrogen-bond donors (Lipinski definition) is 1. The van der Waals surface area contributed by atoms with Gasteiger partial charge in [-0.3, -0.25) is 0 Å². The zero-order valence-electron chi connectivity index (χ0n) is 10.0. The number of thiophene rings is 1. The zero-order valence-corrected chi connectivity index (χ0v) is 14.8. The minimum Gasteiger partial charge on any atom is -0.312 e. The third-order valence-electron chi connectivity index (χ3n) is 2.79. The van der Waals surface area contributed by atoms with E-state index < -0.39 is 0 Å². The normalized spacial score (nSPS) is 12.7. The predicted octanol–water partition coefficient (Wildman–Crippen LogP) is 5.57. The van der Waals surface area contributed by atoms with Gasteiger partial charge in [0, 0.05) is 20.4 Å². The van der Waals surface area contributed by atoms with E-state index >= 15 is 0 Å². The van der Waals surface area contributed by atoms with Crippen molar-refractivity contribution in [1.29, 1.82) is 0 Å². The van der Waals surface area contributed by atoms with Crippen LogP contribution in [0, 0.1) is 5.82 Å². The lowest BCUT2D eigenvalue weighted by Crippen LogP contribution is -2.18. The molecule has 1 aromatic heterocycles. The number of hydrogen-bond acceptors (Lipinski definition) is 2. The van der Waals surface area contributed by atoms with E-state index in [2.05, 4.69) is 37.2 Å². The molecule has 1 heterocycles. The maximum absolute atomic E-state index is 13.8. The van der Waals surface area contributed by atoms with E-state index in [1.54, 1.807) is 23.5 Å². The van der Waals surface area contributed by atoms with Gasteiger partial charge in [-0.15, -0.1) is 11.3 Å². The highest BCUT2D eigenvalue weighted by Gasteiger charge is 2.16. The summed E-state index contributed by atoms with van der Waals surface area (Å²) in [5, 5.41) is 3.77. The maximum atomic E-state index is 13.8. The first-order valence-corrected chi connectivity index (χ1v) is 8.35. The second kappa shape index (κ2) is 6.68. The van der Waals surface area contributed by atoms with Crippen molar-refractivity contribution < 1.29 is 4.39 Å². The third-order valence-corrected chi connectivity index (χ3v) is 6.39. The van der Waals surface area contributed by atoms with Gasteiger partial charge >= 0.3 is 0 Å². The fraction of sp³-hybridized carbons (Fsp3) is 0.231. The van der Waals surface area contributed by atoms with Gasteiger partial charge in [0.15, 0.2) is 0 Å². The van der Waals surface area contributed by atoms with Crippen molar-refractivity contribution in [2.24, 2.45) is 0 Å². The molecule has 0 aliphatic carbocycles. The van der Waals surface area contributed by atoms with Gasteiger partial charge in [-0.25, -0.2) is 4.39 Å². The van der Waals surface area contributed by atoms with Crippen LogP contribution in [0.1, 0.15) is 16.5 Å². The minimum absolute atomic E-state index is 0.0561. The van der Waals surface area contributed by atoms with Crippen LogP contribution >= 0.6 is 54.8 Å². The molecule has 1 aromatic carbocycles. The van der Waals surface area contributed by atoms with Crippen LogP contribution in [-0.2, 0) is 6.42 Å². The molecular weight excluding hydrogens is 416 g/mol. The smallest absolute Gasteiger partial charge is 0.126 e. The van der Waals surface area contributed by atoms with E-state index in [-0.39, 0.29) is 11.9 Å². The molecule has 6 heteroatoms. The predicted molar refractivity (Wildman–Crippen MR) is 86.6 cm³/mol. The Labute approximate surface area is 137 Å². The minimum atomic E-state index is -0.223. The largest absolute Gasteiger partial charge is 0.312 e. The molecule has 0 saturated heterocycles. The number of rotatable bonds is 4. The van der Waals surface area contributed by atoms with Crippen molar-refractivity contribution in [3.05, 3.63) is 53.8 Å². The number of likely N-dealkylation sites (N-methyl/N-ethyl adjacent to an activating group) is 1. The Morgan fingerprint density at radius 1 is 1.37 bits per heavy atom. The number of halogens is 4. The molecule has 0 amide bonds. The summed E-state index contributed by atoms with van der Waals surface area (Å²) in [6.07, 6.45) is 0.558. The second-order valence-electron chi connectivity index (χ2n) is 4.05. The van der Waals surface area contributed by atoms with Crippen molar-refractivity contribution in [2.75, 3.05) is 7.05 Å². The van der Waals surface area contributed by atoms with Crippen LogP contribution in [0.5, 0.6) is 0 Å². The summed E-state index contributed by atoms with van der Waals surface area (Å²) in [6, 6.07) is 6.75. The fourth-order valence-electron chi connectivity index (χ4n) is 1.80. The van der Waals surface area contributed by atoms with Crippen LogP contribution in [0.4, 0.5) is 4.39 Å². The Hall–Kier alpha value is 0.0600. The molecular formula is C13H11Br2ClFNS. The van der Waals surface area contributed by atoms with Gasteiger partial charge in [0.2, 0.25) is 0 Å². The Balaban J connectivity index is 2.26. The molecule has 2 rings (SSSR count). The average Bonchev–Trinajstić information content (AvgIpc) is 2.70. The Kier molecular flexibility index (Phi) is 5.43. The highest BCUT2D eigenvalue weighted by molar-refractivity contribution is 9.13. The van der Waals surface area contributed by atoms with Crippen LogP contribution < -0.4 is 5.32 Å². The van der Waals surface area contributed by atoms with Crippen molar-refractivity contribution in [3.63, 3.8) is 0 Å². The lowest BCUT2D eigenvalue weighted by atomic mass is 10.0. The van der Waals surface area contributed by atoms with Gasteiger partial charge in [0.05, 0.1) is 3.79 Å². The molecule has 0 bridgehead atoms. The zero-order chi connectivity index (χ0) is 14.0. The van der Waals surface area contributed by atoms with Gasteiger partial charge in [-0.2, -0.15) is 0 Å². The quantitative estimate of drug-likeness (QED) is 0.673. The molecule has 0 spiro atoms. The van der Waals surface area contributed by atoms with E-state index in [0.717, 1.165) is 13.1 Å². The van der Waals surface area contributed by atoms with Crippen molar-refractivity contribution in [3.8, 4) is 0 Å². The van der Waals surface area contributed by atoms with E-state index in [1.807, 2.05) is 13.1 Å². The molecule has 0 aliphatic heterocycles. The van der Waals surface area contributed by atoms with E-state index in [9.17, 15) is 4.39 Å². The SMILES string of the molecule is CNC(Cc1cc(Cl)ccc1F)c1cc(Br)c(Br)s1. The monoisotopic (exact) mass is 425 g/mol.